The lowest BCUT2D eigenvalue weighted by Gasteiger charge is -2.14. The van der Waals surface area contributed by atoms with Gasteiger partial charge < -0.3 is 10.6 Å². The van der Waals surface area contributed by atoms with Crippen LogP contribution in [0.1, 0.15) is 25.0 Å². The van der Waals surface area contributed by atoms with Crippen LogP contribution < -0.4 is 16.0 Å². The second-order valence-electron chi connectivity index (χ2n) is 4.20. The molecule has 0 aliphatic heterocycles. The molecule has 0 radical (unpaired) electrons. The SMILES string of the molecule is CCN=C(NCC)NC(=O)Nc1c(C)cccc1C.Cl. The highest BCUT2D eigenvalue weighted by molar-refractivity contribution is 6.03. The number of aliphatic imine (C=N–C) groups is 1. The van der Waals surface area contributed by atoms with E-state index in [4.69, 9.17) is 0 Å². The van der Waals surface area contributed by atoms with Crippen LogP contribution in [0.5, 0.6) is 0 Å². The predicted octanol–water partition coefficient (Wildman–Crippen LogP) is 2.83. The average molecular weight is 299 g/mol. The molecule has 0 heterocycles. The number of benzene rings is 1. The largest absolute Gasteiger partial charge is 0.356 e. The molecular weight excluding hydrogens is 276 g/mol. The van der Waals surface area contributed by atoms with E-state index < -0.39 is 0 Å². The molecule has 6 heteroatoms. The Labute approximate surface area is 126 Å². The number of hydrogen-bond acceptors (Lipinski definition) is 2. The molecule has 0 aliphatic carbocycles. The van der Waals surface area contributed by atoms with Gasteiger partial charge in [0.1, 0.15) is 0 Å². The van der Waals surface area contributed by atoms with Gasteiger partial charge in [0.15, 0.2) is 5.96 Å². The van der Waals surface area contributed by atoms with Crippen molar-refractivity contribution in [1.29, 1.82) is 0 Å². The standard InChI is InChI=1S/C14H22N4O.ClH/c1-5-15-13(16-6-2)18-14(19)17-12-10(3)8-7-9-11(12)4;/h7-9H,5-6H2,1-4H3,(H3,15,16,17,18,19);1H. The summed E-state index contributed by atoms with van der Waals surface area (Å²) in [6.45, 7) is 9.13. The third-order valence-corrected chi connectivity index (χ3v) is 2.61. The second-order valence-corrected chi connectivity index (χ2v) is 4.20. The molecule has 0 aliphatic rings. The van der Waals surface area contributed by atoms with E-state index in [1.165, 1.54) is 0 Å². The molecule has 20 heavy (non-hydrogen) atoms. The van der Waals surface area contributed by atoms with Gasteiger partial charge in [-0.25, -0.2) is 4.79 Å². The Bertz CT molecular complexity index is 454. The van der Waals surface area contributed by atoms with Crippen molar-refractivity contribution in [2.45, 2.75) is 27.7 Å². The Hall–Kier alpha value is -1.75. The van der Waals surface area contributed by atoms with Crippen molar-refractivity contribution in [3.63, 3.8) is 0 Å². The van der Waals surface area contributed by atoms with Gasteiger partial charge in [0.2, 0.25) is 0 Å². The molecule has 0 saturated heterocycles. The van der Waals surface area contributed by atoms with Crippen LogP contribution in [0.2, 0.25) is 0 Å². The van der Waals surface area contributed by atoms with Crippen molar-refractivity contribution >= 4 is 30.1 Å². The lowest BCUT2D eigenvalue weighted by Crippen LogP contribution is -2.43. The minimum absolute atomic E-state index is 0. The van der Waals surface area contributed by atoms with E-state index in [0.717, 1.165) is 16.8 Å². The van der Waals surface area contributed by atoms with E-state index in [0.29, 0.717) is 19.0 Å². The van der Waals surface area contributed by atoms with E-state index in [1.807, 2.05) is 45.9 Å². The van der Waals surface area contributed by atoms with Gasteiger partial charge >= 0.3 is 6.03 Å². The second kappa shape index (κ2) is 9.20. The number of carbonyl (C=O) groups excluding carboxylic acids is 1. The normalized spacial score (nSPS) is 10.5. The van der Waals surface area contributed by atoms with Gasteiger partial charge in [0.05, 0.1) is 0 Å². The monoisotopic (exact) mass is 298 g/mol. The lowest BCUT2D eigenvalue weighted by atomic mass is 10.1. The van der Waals surface area contributed by atoms with Crippen LogP contribution in [-0.2, 0) is 0 Å². The molecule has 2 amide bonds. The van der Waals surface area contributed by atoms with E-state index in [9.17, 15) is 4.79 Å². The van der Waals surface area contributed by atoms with Crippen LogP contribution in [0.25, 0.3) is 0 Å². The van der Waals surface area contributed by atoms with Gasteiger partial charge in [-0.2, -0.15) is 0 Å². The third-order valence-electron chi connectivity index (χ3n) is 2.61. The highest BCUT2D eigenvalue weighted by Crippen LogP contribution is 2.18. The third kappa shape index (κ3) is 5.48. The zero-order chi connectivity index (χ0) is 14.3. The summed E-state index contributed by atoms with van der Waals surface area (Å²) in [5, 5.41) is 8.57. The van der Waals surface area contributed by atoms with Crippen molar-refractivity contribution in [3.05, 3.63) is 29.3 Å². The maximum absolute atomic E-state index is 11.9. The lowest BCUT2D eigenvalue weighted by molar-refractivity contribution is 0.256. The van der Waals surface area contributed by atoms with E-state index in [1.54, 1.807) is 0 Å². The van der Waals surface area contributed by atoms with E-state index >= 15 is 0 Å². The molecule has 3 N–H and O–H groups in total. The molecule has 0 spiro atoms. The van der Waals surface area contributed by atoms with E-state index in [2.05, 4.69) is 20.9 Å². The van der Waals surface area contributed by atoms with Crippen molar-refractivity contribution < 1.29 is 4.79 Å². The number of anilines is 1. The summed E-state index contributed by atoms with van der Waals surface area (Å²) in [6.07, 6.45) is 0. The molecule has 0 atom stereocenters. The Morgan fingerprint density at radius 1 is 1.20 bits per heavy atom. The summed E-state index contributed by atoms with van der Waals surface area (Å²) in [4.78, 5) is 16.1. The number of aryl methyl sites for hydroxylation is 2. The number of amides is 2. The van der Waals surface area contributed by atoms with Crippen LogP contribution in [0, 0.1) is 13.8 Å². The molecule has 1 aromatic rings. The number of rotatable bonds is 3. The fourth-order valence-electron chi connectivity index (χ4n) is 1.73. The number of guanidine groups is 1. The molecule has 1 rings (SSSR count). The topological polar surface area (TPSA) is 65.5 Å². The van der Waals surface area contributed by atoms with Gasteiger partial charge in [-0.05, 0) is 38.8 Å². The van der Waals surface area contributed by atoms with Gasteiger partial charge in [-0.3, -0.25) is 10.3 Å². The number of hydrogen-bond donors (Lipinski definition) is 3. The van der Waals surface area contributed by atoms with Gasteiger partial charge in [0, 0.05) is 18.8 Å². The van der Waals surface area contributed by atoms with Gasteiger partial charge in [-0.1, -0.05) is 18.2 Å². The smallest absolute Gasteiger partial charge is 0.326 e. The molecule has 1 aromatic carbocycles. The Morgan fingerprint density at radius 3 is 2.30 bits per heavy atom. The first-order chi connectivity index (χ1) is 9.08. The van der Waals surface area contributed by atoms with Crippen molar-refractivity contribution in [1.82, 2.24) is 10.6 Å². The van der Waals surface area contributed by atoms with Gasteiger partial charge in [-0.15, -0.1) is 12.4 Å². The molecule has 0 saturated carbocycles. The summed E-state index contributed by atoms with van der Waals surface area (Å²) >= 11 is 0. The Kier molecular flexibility index (Phi) is 8.40. The molecule has 5 nitrogen and oxygen atoms in total. The summed E-state index contributed by atoms with van der Waals surface area (Å²) in [5.74, 6) is 0.494. The molecule has 0 unspecified atom stereocenters. The number of carbonyl (C=O) groups is 1. The number of nitrogens with one attached hydrogen (secondary N) is 3. The molecular formula is C14H23ClN4O. The highest BCUT2D eigenvalue weighted by Gasteiger charge is 2.08. The predicted molar refractivity (Wildman–Crippen MR) is 87.0 cm³/mol. The zero-order valence-corrected chi connectivity index (χ0v) is 13.2. The van der Waals surface area contributed by atoms with Crippen LogP contribution in [0.3, 0.4) is 0 Å². The number of halogens is 1. The average Bonchev–Trinajstić information content (AvgIpc) is 2.35. The molecule has 112 valence electrons. The fourth-order valence-corrected chi connectivity index (χ4v) is 1.73. The summed E-state index contributed by atoms with van der Waals surface area (Å²) in [5.41, 5.74) is 2.91. The Morgan fingerprint density at radius 2 is 1.80 bits per heavy atom. The molecule has 0 fully saturated rings. The minimum atomic E-state index is -0.287. The number of para-hydroxylation sites is 1. The van der Waals surface area contributed by atoms with Crippen molar-refractivity contribution in [2.75, 3.05) is 18.4 Å². The zero-order valence-electron chi connectivity index (χ0n) is 12.4. The summed E-state index contributed by atoms with van der Waals surface area (Å²) in [7, 11) is 0. The van der Waals surface area contributed by atoms with Crippen molar-refractivity contribution in [3.8, 4) is 0 Å². The minimum Gasteiger partial charge on any atom is -0.356 e. The maximum atomic E-state index is 11.9. The molecule has 0 bridgehead atoms. The van der Waals surface area contributed by atoms with Gasteiger partial charge in [0.25, 0.3) is 0 Å². The summed E-state index contributed by atoms with van der Waals surface area (Å²) in [6, 6.07) is 5.61. The van der Waals surface area contributed by atoms with Crippen LogP contribution in [0.4, 0.5) is 10.5 Å². The van der Waals surface area contributed by atoms with Crippen LogP contribution >= 0.6 is 12.4 Å². The quantitative estimate of drug-likeness (QED) is 0.593. The van der Waals surface area contributed by atoms with Crippen LogP contribution in [0.15, 0.2) is 23.2 Å². The first-order valence-electron chi connectivity index (χ1n) is 6.51. The Balaban J connectivity index is 0.00000361. The first-order valence-corrected chi connectivity index (χ1v) is 6.51. The summed E-state index contributed by atoms with van der Waals surface area (Å²) < 4.78 is 0. The number of urea groups is 1. The van der Waals surface area contributed by atoms with E-state index in [-0.39, 0.29) is 18.4 Å². The first kappa shape index (κ1) is 18.2. The van der Waals surface area contributed by atoms with Crippen LogP contribution in [-0.4, -0.2) is 25.1 Å². The fraction of sp³-hybridized carbons (Fsp3) is 0.429. The maximum Gasteiger partial charge on any atom is 0.326 e. The van der Waals surface area contributed by atoms with Crippen molar-refractivity contribution in [2.24, 2.45) is 4.99 Å². The number of nitrogens with zero attached hydrogens (tertiary/aromatic N) is 1. The molecule has 0 aromatic heterocycles. The highest BCUT2D eigenvalue weighted by atomic mass is 35.5.